The molecule has 0 aliphatic carbocycles. The topological polar surface area (TPSA) is 95.2 Å². The highest BCUT2D eigenvalue weighted by molar-refractivity contribution is 5.82. The molecule has 0 spiro atoms. The lowest BCUT2D eigenvalue weighted by atomic mass is 10.1. The van der Waals surface area contributed by atoms with Crippen LogP contribution >= 0.6 is 0 Å². The summed E-state index contributed by atoms with van der Waals surface area (Å²) in [6.45, 7) is 2.50. The Hall–Kier alpha value is -3.02. The van der Waals surface area contributed by atoms with Crippen molar-refractivity contribution in [3.63, 3.8) is 0 Å². The maximum atomic E-state index is 5.85. The van der Waals surface area contributed by atoms with Crippen LogP contribution in [0.5, 0.6) is 11.5 Å². The standard InChI is InChI=1S/C17H20N4O2/c1-12-3-5-13(6-4-12)11-23-16-9-14(7-8-15(16)22-2)10-20-21-17(18)19/h3-10H,11H2,1-2H3,(H4,18,19,21). The predicted octanol–water partition coefficient (Wildman–Crippen LogP) is 2.19. The number of aryl methyl sites for hydroxylation is 1. The summed E-state index contributed by atoms with van der Waals surface area (Å²) >= 11 is 0. The molecule has 0 unspecified atom stereocenters. The fraction of sp³-hybridized carbons (Fsp3) is 0.176. The van der Waals surface area contributed by atoms with Gasteiger partial charge in [-0.15, -0.1) is 5.10 Å². The Morgan fingerprint density at radius 2 is 1.83 bits per heavy atom. The van der Waals surface area contributed by atoms with Crippen LogP contribution in [-0.2, 0) is 6.61 Å². The van der Waals surface area contributed by atoms with E-state index in [4.69, 9.17) is 20.9 Å². The second kappa shape index (κ2) is 7.84. The maximum absolute atomic E-state index is 5.85. The molecule has 0 bridgehead atoms. The van der Waals surface area contributed by atoms with Crippen molar-refractivity contribution in [2.24, 2.45) is 21.7 Å². The number of hydrogen-bond acceptors (Lipinski definition) is 4. The zero-order valence-corrected chi connectivity index (χ0v) is 13.2. The van der Waals surface area contributed by atoms with Crippen LogP contribution in [0.25, 0.3) is 0 Å². The van der Waals surface area contributed by atoms with Crippen LogP contribution in [0.1, 0.15) is 16.7 Å². The molecule has 0 radical (unpaired) electrons. The minimum absolute atomic E-state index is 0.0920. The van der Waals surface area contributed by atoms with Gasteiger partial charge in [0.1, 0.15) is 6.61 Å². The Bertz CT molecular complexity index is 705. The molecule has 2 rings (SSSR count). The van der Waals surface area contributed by atoms with E-state index in [-0.39, 0.29) is 5.96 Å². The van der Waals surface area contributed by atoms with Crippen molar-refractivity contribution in [2.45, 2.75) is 13.5 Å². The highest BCUT2D eigenvalue weighted by Crippen LogP contribution is 2.28. The molecule has 0 atom stereocenters. The van der Waals surface area contributed by atoms with Crippen LogP contribution in [0.3, 0.4) is 0 Å². The third-order valence-corrected chi connectivity index (χ3v) is 3.08. The zero-order chi connectivity index (χ0) is 16.7. The van der Waals surface area contributed by atoms with Crippen molar-refractivity contribution >= 4 is 12.2 Å². The summed E-state index contributed by atoms with van der Waals surface area (Å²) in [7, 11) is 1.60. The molecule has 2 aromatic rings. The zero-order valence-electron chi connectivity index (χ0n) is 13.2. The molecule has 2 aromatic carbocycles. The van der Waals surface area contributed by atoms with E-state index in [1.165, 1.54) is 11.8 Å². The summed E-state index contributed by atoms with van der Waals surface area (Å²) in [4.78, 5) is 0. The van der Waals surface area contributed by atoms with E-state index in [0.717, 1.165) is 11.1 Å². The molecule has 0 heterocycles. The van der Waals surface area contributed by atoms with Gasteiger partial charge in [0.15, 0.2) is 11.5 Å². The van der Waals surface area contributed by atoms with E-state index in [2.05, 4.69) is 10.2 Å². The van der Waals surface area contributed by atoms with Crippen LogP contribution in [0, 0.1) is 6.92 Å². The third kappa shape index (κ3) is 5.03. The average molecular weight is 312 g/mol. The number of nitrogens with zero attached hydrogens (tertiary/aromatic N) is 2. The summed E-state index contributed by atoms with van der Waals surface area (Å²) in [5.74, 6) is 1.18. The fourth-order valence-corrected chi connectivity index (χ4v) is 1.89. The number of hydrogen-bond donors (Lipinski definition) is 2. The molecule has 120 valence electrons. The summed E-state index contributed by atoms with van der Waals surface area (Å²) < 4.78 is 11.2. The molecule has 0 saturated heterocycles. The van der Waals surface area contributed by atoms with E-state index < -0.39 is 0 Å². The Balaban J connectivity index is 2.13. The summed E-state index contributed by atoms with van der Waals surface area (Å²) in [6.07, 6.45) is 1.54. The van der Waals surface area contributed by atoms with Crippen molar-refractivity contribution < 1.29 is 9.47 Å². The lowest BCUT2D eigenvalue weighted by molar-refractivity contribution is 0.284. The second-order valence-corrected chi connectivity index (χ2v) is 4.95. The van der Waals surface area contributed by atoms with Gasteiger partial charge >= 0.3 is 0 Å². The lowest BCUT2D eigenvalue weighted by Crippen LogP contribution is -2.21. The van der Waals surface area contributed by atoms with Gasteiger partial charge < -0.3 is 20.9 Å². The van der Waals surface area contributed by atoms with Gasteiger partial charge in [0.25, 0.3) is 0 Å². The van der Waals surface area contributed by atoms with Gasteiger partial charge in [-0.3, -0.25) is 0 Å². The van der Waals surface area contributed by atoms with Crippen LogP contribution in [0.4, 0.5) is 0 Å². The van der Waals surface area contributed by atoms with E-state index in [1.807, 2.05) is 43.3 Å². The Morgan fingerprint density at radius 1 is 1.09 bits per heavy atom. The molecule has 0 fully saturated rings. The van der Waals surface area contributed by atoms with E-state index in [9.17, 15) is 0 Å². The number of ether oxygens (including phenoxy) is 2. The van der Waals surface area contributed by atoms with Crippen molar-refractivity contribution in [1.29, 1.82) is 0 Å². The minimum atomic E-state index is -0.0920. The number of benzene rings is 2. The molecule has 0 aliphatic heterocycles. The first-order chi connectivity index (χ1) is 11.1. The van der Waals surface area contributed by atoms with Gasteiger partial charge in [-0.05, 0) is 36.2 Å². The first-order valence-electron chi connectivity index (χ1n) is 7.07. The predicted molar refractivity (Wildman–Crippen MR) is 91.9 cm³/mol. The van der Waals surface area contributed by atoms with Crippen molar-refractivity contribution in [1.82, 2.24) is 0 Å². The monoisotopic (exact) mass is 312 g/mol. The van der Waals surface area contributed by atoms with Gasteiger partial charge in [0.2, 0.25) is 5.96 Å². The van der Waals surface area contributed by atoms with Gasteiger partial charge in [-0.1, -0.05) is 29.8 Å². The van der Waals surface area contributed by atoms with Crippen LogP contribution < -0.4 is 20.9 Å². The average Bonchev–Trinajstić information content (AvgIpc) is 2.54. The van der Waals surface area contributed by atoms with Crippen LogP contribution in [-0.4, -0.2) is 19.3 Å². The number of rotatable bonds is 6. The molecule has 6 heteroatoms. The smallest absolute Gasteiger partial charge is 0.211 e. The van der Waals surface area contributed by atoms with Gasteiger partial charge in [-0.2, -0.15) is 5.10 Å². The number of methoxy groups -OCH3 is 1. The quantitative estimate of drug-likeness (QED) is 0.485. The highest BCUT2D eigenvalue weighted by atomic mass is 16.5. The third-order valence-electron chi connectivity index (χ3n) is 3.08. The first kappa shape index (κ1) is 16.4. The molecular weight excluding hydrogens is 292 g/mol. The van der Waals surface area contributed by atoms with Crippen LogP contribution in [0.15, 0.2) is 52.7 Å². The molecule has 0 aromatic heterocycles. The molecular formula is C17H20N4O2. The molecule has 0 amide bonds. The summed E-state index contributed by atoms with van der Waals surface area (Å²) in [5.41, 5.74) is 13.5. The molecule has 0 saturated carbocycles. The molecule has 0 aliphatic rings. The van der Waals surface area contributed by atoms with Crippen molar-refractivity contribution in [3.05, 3.63) is 59.2 Å². The van der Waals surface area contributed by atoms with E-state index in [1.54, 1.807) is 13.2 Å². The van der Waals surface area contributed by atoms with Gasteiger partial charge in [-0.25, -0.2) is 0 Å². The Kier molecular flexibility index (Phi) is 5.57. The Morgan fingerprint density at radius 3 is 2.48 bits per heavy atom. The Labute approximate surface area is 135 Å². The largest absolute Gasteiger partial charge is 0.493 e. The van der Waals surface area contributed by atoms with Crippen molar-refractivity contribution in [2.75, 3.05) is 7.11 Å². The van der Waals surface area contributed by atoms with E-state index in [0.29, 0.717) is 18.1 Å². The van der Waals surface area contributed by atoms with Gasteiger partial charge in [0.05, 0.1) is 13.3 Å². The fourth-order valence-electron chi connectivity index (χ4n) is 1.89. The maximum Gasteiger partial charge on any atom is 0.211 e. The molecule has 4 N–H and O–H groups in total. The van der Waals surface area contributed by atoms with Crippen molar-refractivity contribution in [3.8, 4) is 11.5 Å². The minimum Gasteiger partial charge on any atom is -0.493 e. The van der Waals surface area contributed by atoms with E-state index >= 15 is 0 Å². The second-order valence-electron chi connectivity index (χ2n) is 4.95. The number of guanidine groups is 1. The number of nitrogens with two attached hydrogens (primary N) is 2. The first-order valence-corrected chi connectivity index (χ1v) is 7.07. The van der Waals surface area contributed by atoms with Crippen LogP contribution in [0.2, 0.25) is 0 Å². The molecule has 23 heavy (non-hydrogen) atoms. The highest BCUT2D eigenvalue weighted by Gasteiger charge is 2.05. The lowest BCUT2D eigenvalue weighted by Gasteiger charge is -2.11. The summed E-state index contributed by atoms with van der Waals surface area (Å²) in [6, 6.07) is 13.6. The molecule has 6 nitrogen and oxygen atoms in total. The summed E-state index contributed by atoms with van der Waals surface area (Å²) in [5, 5.41) is 7.35. The SMILES string of the molecule is COc1ccc(C=NN=C(N)N)cc1OCc1ccc(C)cc1. The normalized spacial score (nSPS) is 10.5. The van der Waals surface area contributed by atoms with Gasteiger partial charge in [0, 0.05) is 0 Å².